The van der Waals surface area contributed by atoms with E-state index in [4.69, 9.17) is 10.4 Å². The van der Waals surface area contributed by atoms with Crippen molar-refractivity contribution in [3.63, 3.8) is 0 Å². The molecule has 0 radical (unpaired) electrons. The van der Waals surface area contributed by atoms with Gasteiger partial charge in [0.25, 0.3) is 0 Å². The standard InChI is InChI=1S/C14H19FN2O/c1-14(2,3)13(4-5-18)17-12-7-10(9-16)6-11(15)8-12/h6-8,13,17-18H,4-5H2,1-3H3. The summed E-state index contributed by atoms with van der Waals surface area (Å²) in [6.07, 6.45) is 0.571. The van der Waals surface area contributed by atoms with Crippen molar-refractivity contribution >= 4 is 5.69 Å². The summed E-state index contributed by atoms with van der Waals surface area (Å²) in [7, 11) is 0. The molecule has 1 unspecified atom stereocenters. The quantitative estimate of drug-likeness (QED) is 0.863. The Labute approximate surface area is 107 Å². The van der Waals surface area contributed by atoms with E-state index < -0.39 is 5.82 Å². The third-order valence-electron chi connectivity index (χ3n) is 2.83. The van der Waals surface area contributed by atoms with Gasteiger partial charge in [-0.3, -0.25) is 0 Å². The summed E-state index contributed by atoms with van der Waals surface area (Å²) in [5, 5.41) is 21.1. The molecule has 0 saturated heterocycles. The molecule has 0 heterocycles. The number of anilines is 1. The summed E-state index contributed by atoms with van der Waals surface area (Å²) in [6.45, 7) is 6.20. The second-order valence-corrected chi connectivity index (χ2v) is 5.42. The normalized spacial score (nSPS) is 12.9. The highest BCUT2D eigenvalue weighted by atomic mass is 19.1. The Kier molecular flexibility index (Phi) is 4.69. The van der Waals surface area contributed by atoms with Crippen LogP contribution in [0.1, 0.15) is 32.8 Å². The fourth-order valence-corrected chi connectivity index (χ4v) is 1.79. The SMILES string of the molecule is CC(C)(C)C(CCO)Nc1cc(F)cc(C#N)c1. The van der Waals surface area contributed by atoms with Crippen LogP contribution >= 0.6 is 0 Å². The Morgan fingerprint density at radius 3 is 2.56 bits per heavy atom. The molecule has 1 aromatic rings. The lowest BCUT2D eigenvalue weighted by Gasteiger charge is -2.32. The average molecular weight is 250 g/mol. The lowest BCUT2D eigenvalue weighted by Crippen LogP contribution is -2.34. The van der Waals surface area contributed by atoms with Crippen molar-refractivity contribution in [3.8, 4) is 6.07 Å². The van der Waals surface area contributed by atoms with Gasteiger partial charge >= 0.3 is 0 Å². The topological polar surface area (TPSA) is 56.0 Å². The zero-order chi connectivity index (χ0) is 13.8. The first-order valence-electron chi connectivity index (χ1n) is 5.95. The van der Waals surface area contributed by atoms with Crippen molar-refractivity contribution in [3.05, 3.63) is 29.6 Å². The van der Waals surface area contributed by atoms with E-state index in [1.165, 1.54) is 12.1 Å². The van der Waals surface area contributed by atoms with E-state index in [0.29, 0.717) is 12.1 Å². The third kappa shape index (κ3) is 4.01. The number of aliphatic hydroxyl groups is 1. The third-order valence-corrected chi connectivity index (χ3v) is 2.83. The maximum absolute atomic E-state index is 13.3. The molecule has 0 aromatic heterocycles. The van der Waals surface area contributed by atoms with Gasteiger partial charge in [-0.1, -0.05) is 20.8 Å². The van der Waals surface area contributed by atoms with E-state index in [9.17, 15) is 4.39 Å². The van der Waals surface area contributed by atoms with Crippen molar-refractivity contribution in [2.24, 2.45) is 5.41 Å². The first-order chi connectivity index (χ1) is 8.36. The Balaban J connectivity index is 2.94. The van der Waals surface area contributed by atoms with Crippen molar-refractivity contribution in [2.75, 3.05) is 11.9 Å². The van der Waals surface area contributed by atoms with Crippen LogP contribution in [-0.2, 0) is 0 Å². The second-order valence-electron chi connectivity index (χ2n) is 5.42. The molecule has 98 valence electrons. The number of nitrogens with one attached hydrogen (secondary N) is 1. The molecule has 1 rings (SSSR count). The maximum Gasteiger partial charge on any atom is 0.126 e. The lowest BCUT2D eigenvalue weighted by atomic mass is 9.84. The van der Waals surface area contributed by atoms with E-state index in [-0.39, 0.29) is 23.6 Å². The molecule has 1 atom stereocenters. The van der Waals surface area contributed by atoms with Crippen LogP contribution in [0.4, 0.5) is 10.1 Å². The molecule has 1 aromatic carbocycles. The molecule has 2 N–H and O–H groups in total. The molecule has 0 aliphatic heterocycles. The van der Waals surface area contributed by atoms with Gasteiger partial charge in [0.2, 0.25) is 0 Å². The monoisotopic (exact) mass is 250 g/mol. The molecule has 0 aliphatic rings. The molecule has 3 nitrogen and oxygen atoms in total. The first kappa shape index (κ1) is 14.5. The van der Waals surface area contributed by atoms with Crippen LogP contribution in [0.3, 0.4) is 0 Å². The number of nitrogens with zero attached hydrogens (tertiary/aromatic N) is 1. The van der Waals surface area contributed by atoms with Gasteiger partial charge in [0.05, 0.1) is 11.6 Å². The van der Waals surface area contributed by atoms with E-state index in [1.54, 1.807) is 6.07 Å². The number of aliphatic hydroxyl groups excluding tert-OH is 1. The van der Waals surface area contributed by atoms with Crippen LogP contribution < -0.4 is 5.32 Å². The van der Waals surface area contributed by atoms with E-state index >= 15 is 0 Å². The molecule has 4 heteroatoms. The molecular weight excluding hydrogens is 231 g/mol. The van der Waals surface area contributed by atoms with Crippen LogP contribution in [0.5, 0.6) is 0 Å². The molecule has 0 aliphatic carbocycles. The predicted octanol–water partition coefficient (Wildman–Crippen LogP) is 2.91. The Morgan fingerprint density at radius 1 is 1.39 bits per heavy atom. The fourth-order valence-electron chi connectivity index (χ4n) is 1.79. The van der Waals surface area contributed by atoms with Crippen molar-refractivity contribution in [1.82, 2.24) is 0 Å². The Bertz CT molecular complexity index is 446. The van der Waals surface area contributed by atoms with Crippen LogP contribution in [0, 0.1) is 22.6 Å². The highest BCUT2D eigenvalue weighted by Gasteiger charge is 2.24. The number of halogens is 1. The first-order valence-corrected chi connectivity index (χ1v) is 5.95. The number of rotatable bonds is 4. The number of hydrogen-bond donors (Lipinski definition) is 2. The molecule has 0 spiro atoms. The Hall–Kier alpha value is -1.60. The summed E-state index contributed by atoms with van der Waals surface area (Å²) < 4.78 is 13.3. The number of hydrogen-bond acceptors (Lipinski definition) is 3. The van der Waals surface area contributed by atoms with Gasteiger partial charge in [0, 0.05) is 18.3 Å². The zero-order valence-electron chi connectivity index (χ0n) is 11.0. The van der Waals surface area contributed by atoms with Gasteiger partial charge in [-0.2, -0.15) is 5.26 Å². The van der Waals surface area contributed by atoms with Crippen LogP contribution in [0.15, 0.2) is 18.2 Å². The summed E-state index contributed by atoms with van der Waals surface area (Å²) in [6, 6.07) is 6.10. The number of nitriles is 1. The number of benzene rings is 1. The van der Waals surface area contributed by atoms with Crippen molar-refractivity contribution < 1.29 is 9.50 Å². The minimum atomic E-state index is -0.437. The molecule has 0 amide bonds. The molecule has 0 bridgehead atoms. The van der Waals surface area contributed by atoms with Crippen molar-refractivity contribution in [2.45, 2.75) is 33.2 Å². The minimum Gasteiger partial charge on any atom is -0.396 e. The van der Waals surface area contributed by atoms with Gasteiger partial charge in [0.1, 0.15) is 5.82 Å². The summed E-state index contributed by atoms with van der Waals surface area (Å²) in [4.78, 5) is 0. The van der Waals surface area contributed by atoms with Crippen LogP contribution in [-0.4, -0.2) is 17.8 Å². The highest BCUT2D eigenvalue weighted by Crippen LogP contribution is 2.26. The molecule has 18 heavy (non-hydrogen) atoms. The minimum absolute atomic E-state index is 0.0100. The van der Waals surface area contributed by atoms with E-state index in [0.717, 1.165) is 0 Å². The molecular formula is C14H19FN2O. The molecule has 0 saturated carbocycles. The summed E-state index contributed by atoms with van der Waals surface area (Å²) in [5.41, 5.74) is 0.788. The van der Waals surface area contributed by atoms with Gasteiger partial charge in [-0.25, -0.2) is 4.39 Å². The lowest BCUT2D eigenvalue weighted by molar-refractivity contribution is 0.235. The second kappa shape index (κ2) is 5.83. The smallest absolute Gasteiger partial charge is 0.126 e. The van der Waals surface area contributed by atoms with E-state index in [1.807, 2.05) is 26.8 Å². The van der Waals surface area contributed by atoms with Crippen molar-refractivity contribution in [1.29, 1.82) is 5.26 Å². The summed E-state index contributed by atoms with van der Waals surface area (Å²) >= 11 is 0. The van der Waals surface area contributed by atoms with Gasteiger partial charge in [-0.15, -0.1) is 0 Å². The van der Waals surface area contributed by atoms with Gasteiger partial charge in [0.15, 0.2) is 0 Å². The molecule has 0 fully saturated rings. The van der Waals surface area contributed by atoms with Gasteiger partial charge < -0.3 is 10.4 Å². The predicted molar refractivity (Wildman–Crippen MR) is 69.7 cm³/mol. The Morgan fingerprint density at radius 2 is 2.06 bits per heavy atom. The maximum atomic E-state index is 13.3. The zero-order valence-corrected chi connectivity index (χ0v) is 11.0. The van der Waals surface area contributed by atoms with Crippen LogP contribution in [0.25, 0.3) is 0 Å². The highest BCUT2D eigenvalue weighted by molar-refractivity contribution is 5.50. The van der Waals surface area contributed by atoms with E-state index in [2.05, 4.69) is 5.32 Å². The summed E-state index contributed by atoms with van der Waals surface area (Å²) in [5.74, 6) is -0.437. The fraction of sp³-hybridized carbons (Fsp3) is 0.500. The average Bonchev–Trinajstić information content (AvgIpc) is 2.26. The van der Waals surface area contributed by atoms with Gasteiger partial charge in [-0.05, 0) is 30.0 Å². The largest absolute Gasteiger partial charge is 0.396 e. The van der Waals surface area contributed by atoms with Crippen LogP contribution in [0.2, 0.25) is 0 Å².